The normalized spacial score (nSPS) is 10.7. The lowest BCUT2D eigenvalue weighted by Crippen LogP contribution is -2.22. The number of pyridine rings is 1. The molecule has 0 aliphatic heterocycles. The molecule has 0 spiro atoms. The van der Waals surface area contributed by atoms with Crippen LogP contribution in [0.15, 0.2) is 53.7 Å². The summed E-state index contributed by atoms with van der Waals surface area (Å²) in [6.45, 7) is 7.00. The number of rotatable bonds is 8. The van der Waals surface area contributed by atoms with E-state index in [0.717, 1.165) is 25.1 Å². The summed E-state index contributed by atoms with van der Waals surface area (Å²) in [4.78, 5) is 17.2. The Bertz CT molecular complexity index is 601. The molecular formula is C18H23N3OS. The lowest BCUT2D eigenvalue weighted by atomic mass is 10.2. The maximum absolute atomic E-state index is 12.0. The lowest BCUT2D eigenvalue weighted by Gasteiger charge is -2.18. The van der Waals surface area contributed by atoms with Gasteiger partial charge in [0.1, 0.15) is 0 Å². The number of carbonyl (C=O) groups excluding carboxylic acids is 1. The quantitative estimate of drug-likeness (QED) is 0.749. The molecular weight excluding hydrogens is 306 g/mol. The second-order valence-corrected chi connectivity index (χ2v) is 6.35. The third-order valence-electron chi connectivity index (χ3n) is 3.36. The van der Waals surface area contributed by atoms with Crippen molar-refractivity contribution in [2.45, 2.75) is 31.7 Å². The zero-order valence-corrected chi connectivity index (χ0v) is 14.5. The number of carbonyl (C=O) groups is 1. The Hall–Kier alpha value is -1.85. The average Bonchev–Trinajstić information content (AvgIpc) is 2.61. The van der Waals surface area contributed by atoms with Crippen LogP contribution in [0.5, 0.6) is 0 Å². The Labute approximate surface area is 142 Å². The number of nitrogens with zero attached hydrogens (tertiary/aromatic N) is 2. The summed E-state index contributed by atoms with van der Waals surface area (Å²) in [5, 5.41) is 2.91. The van der Waals surface area contributed by atoms with Gasteiger partial charge in [-0.15, -0.1) is 0 Å². The minimum absolute atomic E-state index is 0.100. The van der Waals surface area contributed by atoms with Gasteiger partial charge in [-0.1, -0.05) is 26.0 Å². The molecule has 1 aromatic heterocycles. The Morgan fingerprint density at radius 1 is 1.22 bits per heavy atom. The first kappa shape index (κ1) is 17.5. The number of amides is 1. The minimum atomic E-state index is -0.100. The molecule has 1 aromatic carbocycles. The molecule has 5 heteroatoms. The zero-order valence-electron chi connectivity index (χ0n) is 13.7. The van der Waals surface area contributed by atoms with Gasteiger partial charge in [0.2, 0.25) is 0 Å². The van der Waals surface area contributed by atoms with Crippen LogP contribution in [0.3, 0.4) is 0 Å². The molecule has 0 aliphatic carbocycles. The highest BCUT2D eigenvalue weighted by molar-refractivity contribution is 7.97. The van der Waals surface area contributed by atoms with Crippen molar-refractivity contribution in [3.63, 3.8) is 0 Å². The molecule has 0 fully saturated rings. The maximum atomic E-state index is 12.0. The number of aromatic nitrogens is 1. The Morgan fingerprint density at radius 3 is 2.61 bits per heavy atom. The first-order chi connectivity index (χ1) is 11.2. The summed E-state index contributed by atoms with van der Waals surface area (Å²) in [6, 6.07) is 11.9. The monoisotopic (exact) mass is 329 g/mol. The number of benzene rings is 1. The van der Waals surface area contributed by atoms with E-state index in [4.69, 9.17) is 0 Å². The van der Waals surface area contributed by atoms with Gasteiger partial charge in [0.15, 0.2) is 0 Å². The maximum Gasteiger partial charge on any atom is 0.253 e. The molecule has 0 aliphatic rings. The molecule has 0 saturated carbocycles. The van der Waals surface area contributed by atoms with Gasteiger partial charge in [0.05, 0.1) is 5.56 Å². The van der Waals surface area contributed by atoms with E-state index in [0.29, 0.717) is 12.1 Å². The number of hydrogen-bond donors (Lipinski definition) is 1. The van der Waals surface area contributed by atoms with Crippen molar-refractivity contribution in [1.29, 1.82) is 0 Å². The molecule has 0 saturated heterocycles. The lowest BCUT2D eigenvalue weighted by molar-refractivity contribution is 0.0950. The van der Waals surface area contributed by atoms with Crippen LogP contribution >= 0.6 is 11.9 Å². The van der Waals surface area contributed by atoms with Crippen LogP contribution in [0.1, 0.15) is 36.2 Å². The van der Waals surface area contributed by atoms with Crippen LogP contribution in [0.2, 0.25) is 0 Å². The smallest absolute Gasteiger partial charge is 0.253 e. The van der Waals surface area contributed by atoms with E-state index >= 15 is 0 Å². The molecule has 23 heavy (non-hydrogen) atoms. The molecule has 1 amide bonds. The zero-order chi connectivity index (χ0) is 16.5. The van der Waals surface area contributed by atoms with Crippen molar-refractivity contribution >= 4 is 17.9 Å². The second-order valence-electron chi connectivity index (χ2n) is 5.18. The van der Waals surface area contributed by atoms with Gasteiger partial charge in [-0.05, 0) is 48.2 Å². The van der Waals surface area contributed by atoms with E-state index in [1.807, 2.05) is 0 Å². The minimum Gasteiger partial charge on any atom is -0.348 e. The predicted octanol–water partition coefficient (Wildman–Crippen LogP) is 3.75. The Kier molecular flexibility index (Phi) is 7.10. The topological polar surface area (TPSA) is 45.2 Å². The van der Waals surface area contributed by atoms with Gasteiger partial charge in [-0.25, -0.2) is 4.31 Å². The van der Waals surface area contributed by atoms with Gasteiger partial charge in [-0.2, -0.15) is 0 Å². The van der Waals surface area contributed by atoms with Crippen molar-refractivity contribution in [3.05, 3.63) is 59.9 Å². The van der Waals surface area contributed by atoms with Crippen LogP contribution in [0.25, 0.3) is 0 Å². The number of nitrogens with one attached hydrogen (secondary N) is 1. The largest absolute Gasteiger partial charge is 0.348 e. The van der Waals surface area contributed by atoms with E-state index < -0.39 is 0 Å². The highest BCUT2D eigenvalue weighted by Gasteiger charge is 2.06. The number of hydrogen-bond acceptors (Lipinski definition) is 4. The Balaban J connectivity index is 1.86. The van der Waals surface area contributed by atoms with Gasteiger partial charge >= 0.3 is 0 Å². The standard InChI is InChI=1S/C18H23N3OS/c1-3-12-21(4-2)23-17-9-7-15(8-10-17)13-20-18(22)16-6-5-11-19-14-16/h5-11,14H,3-4,12-13H2,1-2H3,(H,20,22). The summed E-state index contributed by atoms with van der Waals surface area (Å²) < 4.78 is 2.35. The van der Waals surface area contributed by atoms with Crippen LogP contribution in [-0.2, 0) is 6.54 Å². The van der Waals surface area contributed by atoms with E-state index in [9.17, 15) is 4.79 Å². The van der Waals surface area contributed by atoms with Crippen molar-refractivity contribution in [3.8, 4) is 0 Å². The SMILES string of the molecule is CCCN(CC)Sc1ccc(CNC(=O)c2cccnc2)cc1. The fraction of sp³-hybridized carbons (Fsp3) is 0.333. The molecule has 0 atom stereocenters. The average molecular weight is 329 g/mol. The van der Waals surface area contributed by atoms with Gasteiger partial charge in [-0.3, -0.25) is 9.78 Å². The molecule has 1 heterocycles. The molecule has 4 nitrogen and oxygen atoms in total. The first-order valence-electron chi connectivity index (χ1n) is 7.93. The molecule has 0 bridgehead atoms. The van der Waals surface area contributed by atoms with E-state index in [1.165, 1.54) is 4.90 Å². The molecule has 122 valence electrons. The van der Waals surface area contributed by atoms with E-state index in [1.54, 1.807) is 36.5 Å². The summed E-state index contributed by atoms with van der Waals surface area (Å²) in [5.74, 6) is -0.100. The van der Waals surface area contributed by atoms with Gasteiger partial charge < -0.3 is 5.32 Å². The van der Waals surface area contributed by atoms with E-state index in [-0.39, 0.29) is 5.91 Å². The highest BCUT2D eigenvalue weighted by Crippen LogP contribution is 2.22. The fourth-order valence-corrected chi connectivity index (χ4v) is 3.08. The third kappa shape index (κ3) is 5.69. The van der Waals surface area contributed by atoms with Crippen molar-refractivity contribution in [2.75, 3.05) is 13.1 Å². The summed E-state index contributed by atoms with van der Waals surface area (Å²) in [7, 11) is 0. The molecule has 2 rings (SSSR count). The molecule has 0 unspecified atom stereocenters. The van der Waals surface area contributed by atoms with Crippen LogP contribution in [-0.4, -0.2) is 28.3 Å². The third-order valence-corrected chi connectivity index (χ3v) is 4.54. The van der Waals surface area contributed by atoms with Crippen LogP contribution < -0.4 is 5.32 Å². The highest BCUT2D eigenvalue weighted by atomic mass is 32.2. The molecule has 0 radical (unpaired) electrons. The van der Waals surface area contributed by atoms with Crippen LogP contribution in [0.4, 0.5) is 0 Å². The summed E-state index contributed by atoms with van der Waals surface area (Å²) in [5.41, 5.74) is 1.67. The fourth-order valence-electron chi connectivity index (χ4n) is 2.12. The van der Waals surface area contributed by atoms with E-state index in [2.05, 4.69) is 52.7 Å². The van der Waals surface area contributed by atoms with Crippen molar-refractivity contribution in [1.82, 2.24) is 14.6 Å². The van der Waals surface area contributed by atoms with Gasteiger partial charge in [0, 0.05) is 36.9 Å². The van der Waals surface area contributed by atoms with Crippen molar-refractivity contribution in [2.24, 2.45) is 0 Å². The predicted molar refractivity (Wildman–Crippen MR) is 95.2 cm³/mol. The Morgan fingerprint density at radius 2 is 2.00 bits per heavy atom. The van der Waals surface area contributed by atoms with Crippen molar-refractivity contribution < 1.29 is 4.79 Å². The van der Waals surface area contributed by atoms with Crippen LogP contribution in [0, 0.1) is 0 Å². The van der Waals surface area contributed by atoms with Gasteiger partial charge in [0.25, 0.3) is 5.91 Å². The first-order valence-corrected chi connectivity index (χ1v) is 8.70. The molecule has 2 aromatic rings. The second kappa shape index (κ2) is 9.33. The summed E-state index contributed by atoms with van der Waals surface area (Å²) >= 11 is 1.78. The molecule has 1 N–H and O–H groups in total. The summed E-state index contributed by atoms with van der Waals surface area (Å²) in [6.07, 6.45) is 4.38.